The van der Waals surface area contributed by atoms with E-state index in [9.17, 15) is 8.78 Å². The number of fused-ring (bicyclic) bond motifs is 2. The number of nitrogens with zero attached hydrogens (tertiary/aromatic N) is 3. The van der Waals surface area contributed by atoms with Crippen LogP contribution in [0, 0.1) is 0 Å². The number of piperidine rings is 1. The number of rotatable bonds is 7. The zero-order valence-electron chi connectivity index (χ0n) is 21.3. The molecule has 5 nitrogen and oxygen atoms in total. The molecule has 3 heterocycles. The first kappa shape index (κ1) is 25.7. The third-order valence-corrected chi connectivity index (χ3v) is 7.80. The number of anilines is 2. The lowest BCUT2D eigenvalue weighted by Gasteiger charge is -2.41. The van der Waals surface area contributed by atoms with Crippen LogP contribution in [-0.2, 0) is 5.41 Å². The van der Waals surface area contributed by atoms with Gasteiger partial charge in [0.15, 0.2) is 0 Å². The van der Waals surface area contributed by atoms with Gasteiger partial charge in [-0.15, -0.1) is 0 Å². The number of nitrogens with two attached hydrogens (primary N) is 1. The molecule has 0 bridgehead atoms. The number of pyridine rings is 1. The number of hydrogen-bond donors (Lipinski definition) is 1. The van der Waals surface area contributed by atoms with Crippen molar-refractivity contribution in [1.82, 2.24) is 4.98 Å². The Hall–Kier alpha value is -2.90. The van der Waals surface area contributed by atoms with Crippen LogP contribution in [0.2, 0.25) is 5.02 Å². The molecule has 2 aromatic carbocycles. The second-order valence-electron chi connectivity index (χ2n) is 10.2. The molecule has 2 N–H and O–H groups in total. The second-order valence-corrected chi connectivity index (χ2v) is 10.6. The van der Waals surface area contributed by atoms with Crippen molar-refractivity contribution in [3.63, 3.8) is 0 Å². The normalized spacial score (nSPS) is 17.4. The van der Waals surface area contributed by atoms with E-state index in [1.807, 2.05) is 26.0 Å². The summed E-state index contributed by atoms with van der Waals surface area (Å²) in [5.41, 5.74) is 11.3. The van der Waals surface area contributed by atoms with Gasteiger partial charge in [0.1, 0.15) is 0 Å². The fraction of sp³-hybridized carbons (Fsp3) is 0.414. The molecule has 0 aliphatic carbocycles. The summed E-state index contributed by atoms with van der Waals surface area (Å²) in [7, 11) is 0. The average Bonchev–Trinajstić information content (AvgIpc) is 3.16. The van der Waals surface area contributed by atoms with E-state index in [1.165, 1.54) is 17.3 Å². The van der Waals surface area contributed by atoms with Crippen molar-refractivity contribution in [3.05, 3.63) is 70.9 Å². The van der Waals surface area contributed by atoms with Crippen LogP contribution in [0.3, 0.4) is 0 Å². The highest BCUT2D eigenvalue weighted by molar-refractivity contribution is 6.30. The van der Waals surface area contributed by atoms with Gasteiger partial charge in [0.2, 0.25) is 5.88 Å². The van der Waals surface area contributed by atoms with Crippen LogP contribution >= 0.6 is 11.6 Å². The lowest BCUT2D eigenvalue weighted by Crippen LogP contribution is -2.46. The van der Waals surface area contributed by atoms with Crippen LogP contribution in [-0.4, -0.2) is 43.8 Å². The van der Waals surface area contributed by atoms with Crippen molar-refractivity contribution in [2.45, 2.75) is 44.6 Å². The van der Waals surface area contributed by atoms with Gasteiger partial charge in [0.25, 0.3) is 6.43 Å². The van der Waals surface area contributed by atoms with Gasteiger partial charge in [0, 0.05) is 71.4 Å². The first-order valence-corrected chi connectivity index (χ1v) is 13.2. The molecule has 1 saturated heterocycles. The third-order valence-electron chi connectivity index (χ3n) is 7.56. The molecule has 0 amide bonds. The summed E-state index contributed by atoms with van der Waals surface area (Å²) in [4.78, 5) is 8.90. The first-order chi connectivity index (χ1) is 17.8. The zero-order chi connectivity index (χ0) is 26.2. The van der Waals surface area contributed by atoms with Crippen molar-refractivity contribution in [2.75, 3.05) is 42.6 Å². The lowest BCUT2D eigenvalue weighted by atomic mass is 9.74. The van der Waals surface area contributed by atoms with Gasteiger partial charge in [-0.1, -0.05) is 23.7 Å². The summed E-state index contributed by atoms with van der Waals surface area (Å²) in [6.45, 7) is 7.55. The van der Waals surface area contributed by atoms with Crippen molar-refractivity contribution in [3.8, 4) is 17.0 Å². The van der Waals surface area contributed by atoms with Crippen molar-refractivity contribution < 1.29 is 13.5 Å². The van der Waals surface area contributed by atoms with E-state index >= 15 is 0 Å². The molecular weight excluding hydrogens is 494 g/mol. The number of benzene rings is 2. The average molecular weight is 527 g/mol. The summed E-state index contributed by atoms with van der Waals surface area (Å²) in [6, 6.07) is 15.4. The van der Waals surface area contributed by atoms with Gasteiger partial charge in [-0.3, -0.25) is 0 Å². The molecule has 2 aliphatic rings. The monoisotopic (exact) mass is 526 g/mol. The van der Waals surface area contributed by atoms with E-state index in [2.05, 4.69) is 33.0 Å². The SMILES string of the molecule is CCOc1ncccc1-c1ccc2c(c1)N(C[C@@H](C)N)CC21CCN(c2ccc(Cl)cc2C(F)F)CC1. The van der Waals surface area contributed by atoms with Crippen molar-refractivity contribution >= 4 is 23.0 Å². The summed E-state index contributed by atoms with van der Waals surface area (Å²) in [5.74, 6) is 0.627. The second kappa shape index (κ2) is 10.5. The fourth-order valence-corrected chi connectivity index (χ4v) is 6.09. The topological polar surface area (TPSA) is 54.6 Å². The maximum Gasteiger partial charge on any atom is 0.265 e. The number of halogens is 3. The van der Waals surface area contributed by atoms with Gasteiger partial charge >= 0.3 is 0 Å². The molecule has 37 heavy (non-hydrogen) atoms. The molecule has 1 fully saturated rings. The highest BCUT2D eigenvalue weighted by atomic mass is 35.5. The van der Waals surface area contributed by atoms with Gasteiger partial charge < -0.3 is 20.3 Å². The number of hydrogen-bond acceptors (Lipinski definition) is 5. The minimum atomic E-state index is -2.56. The molecule has 1 spiro atoms. The van der Waals surface area contributed by atoms with E-state index in [-0.39, 0.29) is 17.0 Å². The largest absolute Gasteiger partial charge is 0.478 e. The van der Waals surface area contributed by atoms with Crippen molar-refractivity contribution in [2.24, 2.45) is 5.73 Å². The first-order valence-electron chi connectivity index (χ1n) is 12.9. The van der Waals surface area contributed by atoms with Gasteiger partial charge in [-0.2, -0.15) is 0 Å². The Morgan fingerprint density at radius 2 is 1.89 bits per heavy atom. The predicted octanol–water partition coefficient (Wildman–Crippen LogP) is 6.44. The zero-order valence-corrected chi connectivity index (χ0v) is 22.0. The molecule has 8 heteroatoms. The quantitative estimate of drug-likeness (QED) is 0.384. The third kappa shape index (κ3) is 4.99. The molecule has 1 aromatic heterocycles. The summed E-state index contributed by atoms with van der Waals surface area (Å²) in [5, 5.41) is 0.334. The smallest absolute Gasteiger partial charge is 0.265 e. The summed E-state index contributed by atoms with van der Waals surface area (Å²) >= 11 is 6.02. The minimum absolute atomic E-state index is 0.0000647. The van der Waals surface area contributed by atoms with Crippen LogP contribution in [0.5, 0.6) is 5.88 Å². The summed E-state index contributed by atoms with van der Waals surface area (Å²) < 4.78 is 33.3. The van der Waals surface area contributed by atoms with Crippen LogP contribution in [0.25, 0.3) is 11.1 Å². The summed E-state index contributed by atoms with van der Waals surface area (Å²) in [6.07, 6.45) is 0.924. The number of aromatic nitrogens is 1. The van der Waals surface area contributed by atoms with E-state index in [1.54, 1.807) is 18.3 Å². The molecule has 2 aliphatic heterocycles. The van der Waals surface area contributed by atoms with Crippen LogP contribution in [0.4, 0.5) is 20.2 Å². The molecule has 0 saturated carbocycles. The van der Waals surface area contributed by atoms with Crippen LogP contribution in [0.1, 0.15) is 44.2 Å². The Morgan fingerprint density at radius 1 is 1.11 bits per heavy atom. The van der Waals surface area contributed by atoms with Gasteiger partial charge in [-0.05, 0) is 74.2 Å². The van der Waals surface area contributed by atoms with Gasteiger partial charge in [-0.25, -0.2) is 13.8 Å². The number of alkyl halides is 2. The molecule has 196 valence electrons. The fourth-order valence-electron chi connectivity index (χ4n) is 5.91. The maximum atomic E-state index is 13.8. The lowest BCUT2D eigenvalue weighted by molar-refractivity contribution is 0.151. The van der Waals surface area contributed by atoms with E-state index in [0.717, 1.165) is 37.1 Å². The standard InChI is InChI=1S/C29H33ClF2N4O/c1-3-37-28-22(5-4-12-34-28)20-6-8-24-26(15-20)36(17-19(2)33)18-29(24)10-13-35(14-11-29)25-9-7-21(30)16-23(25)27(31)32/h4-9,12,15-16,19,27H,3,10-11,13-14,17-18,33H2,1-2H3/t19-/m1/s1. The Bertz CT molecular complexity index is 1260. The van der Waals surface area contributed by atoms with Gasteiger partial charge in [0.05, 0.1) is 6.61 Å². The minimum Gasteiger partial charge on any atom is -0.478 e. The molecule has 5 rings (SSSR count). The molecule has 0 radical (unpaired) electrons. The Labute approximate surface area is 222 Å². The molecule has 1 atom stereocenters. The van der Waals surface area contributed by atoms with E-state index in [4.69, 9.17) is 22.1 Å². The Balaban J connectivity index is 1.46. The highest BCUT2D eigenvalue weighted by Crippen LogP contribution is 2.49. The van der Waals surface area contributed by atoms with Crippen LogP contribution in [0.15, 0.2) is 54.7 Å². The number of ether oxygens (including phenoxy) is 1. The highest BCUT2D eigenvalue weighted by Gasteiger charge is 2.45. The molecular formula is C29H33ClF2N4O. The Kier molecular flexibility index (Phi) is 7.28. The predicted molar refractivity (Wildman–Crippen MR) is 146 cm³/mol. The van der Waals surface area contributed by atoms with E-state index in [0.29, 0.717) is 36.3 Å². The maximum absolute atomic E-state index is 13.8. The Morgan fingerprint density at radius 3 is 2.59 bits per heavy atom. The van der Waals surface area contributed by atoms with Crippen LogP contribution < -0.4 is 20.3 Å². The van der Waals surface area contributed by atoms with E-state index < -0.39 is 6.43 Å². The molecule has 3 aromatic rings. The molecule has 0 unspecified atom stereocenters. The van der Waals surface area contributed by atoms with Crippen molar-refractivity contribution in [1.29, 1.82) is 0 Å².